The Morgan fingerprint density at radius 1 is 1.16 bits per heavy atom. The van der Waals surface area contributed by atoms with Gasteiger partial charge in [0.05, 0.1) is 12.0 Å². The Bertz CT molecular complexity index is 548. The van der Waals surface area contributed by atoms with Gasteiger partial charge in [-0.1, -0.05) is 29.8 Å². The molecule has 0 radical (unpaired) electrons. The zero-order chi connectivity index (χ0) is 13.2. The van der Waals surface area contributed by atoms with Gasteiger partial charge in [0.25, 0.3) is 0 Å². The van der Waals surface area contributed by atoms with Crippen LogP contribution in [-0.4, -0.2) is 22.6 Å². The number of rotatable bonds is 2. The highest BCUT2D eigenvalue weighted by Crippen LogP contribution is 2.32. The van der Waals surface area contributed by atoms with E-state index in [1.54, 1.807) is 0 Å². The summed E-state index contributed by atoms with van der Waals surface area (Å²) in [6.45, 7) is 4.35. The van der Waals surface area contributed by atoms with E-state index in [4.69, 9.17) is 0 Å². The molecule has 2 aromatic rings. The number of piperidine rings is 1. The van der Waals surface area contributed by atoms with Crippen LogP contribution in [0.3, 0.4) is 0 Å². The molecule has 1 saturated heterocycles. The normalized spacial score (nSPS) is 16.7. The maximum absolute atomic E-state index is 4.63. The molecular formula is C16H21N3. The van der Waals surface area contributed by atoms with Gasteiger partial charge in [0.1, 0.15) is 0 Å². The molecule has 3 rings (SSSR count). The van der Waals surface area contributed by atoms with Crippen molar-refractivity contribution in [2.75, 3.05) is 13.1 Å². The highest BCUT2D eigenvalue weighted by atomic mass is 15.0. The number of hydrogen-bond donors (Lipinski definition) is 1. The van der Waals surface area contributed by atoms with E-state index < -0.39 is 0 Å². The maximum Gasteiger partial charge on any atom is 0.0953 e. The van der Waals surface area contributed by atoms with E-state index >= 15 is 0 Å². The van der Waals surface area contributed by atoms with Gasteiger partial charge in [0.2, 0.25) is 0 Å². The fourth-order valence-corrected chi connectivity index (χ4v) is 2.95. The lowest BCUT2D eigenvalue weighted by molar-refractivity contribution is 0.446. The molecule has 1 aromatic carbocycles. The second-order valence-corrected chi connectivity index (χ2v) is 5.48. The third kappa shape index (κ3) is 2.43. The first-order valence-electron chi connectivity index (χ1n) is 7.04. The van der Waals surface area contributed by atoms with Crippen LogP contribution in [0, 0.1) is 6.92 Å². The van der Waals surface area contributed by atoms with Crippen molar-refractivity contribution >= 4 is 0 Å². The Labute approximate surface area is 114 Å². The third-order valence-corrected chi connectivity index (χ3v) is 4.03. The smallest absolute Gasteiger partial charge is 0.0953 e. The molecule has 0 bridgehead atoms. The van der Waals surface area contributed by atoms with E-state index in [-0.39, 0.29) is 0 Å². The summed E-state index contributed by atoms with van der Waals surface area (Å²) in [5.41, 5.74) is 5.09. The van der Waals surface area contributed by atoms with Crippen molar-refractivity contribution in [1.82, 2.24) is 14.9 Å². The van der Waals surface area contributed by atoms with Crippen molar-refractivity contribution in [3.63, 3.8) is 0 Å². The van der Waals surface area contributed by atoms with Gasteiger partial charge in [-0.15, -0.1) is 0 Å². The number of nitrogens with one attached hydrogen (secondary N) is 1. The molecule has 1 aliphatic heterocycles. The minimum absolute atomic E-state index is 0.630. The fourth-order valence-electron chi connectivity index (χ4n) is 2.95. The molecule has 0 atom stereocenters. The summed E-state index contributed by atoms with van der Waals surface area (Å²) in [7, 11) is 2.11. The first-order valence-corrected chi connectivity index (χ1v) is 7.04. The molecule has 3 nitrogen and oxygen atoms in total. The van der Waals surface area contributed by atoms with E-state index in [9.17, 15) is 0 Å². The van der Waals surface area contributed by atoms with Crippen LogP contribution in [-0.2, 0) is 7.05 Å². The monoisotopic (exact) mass is 255 g/mol. The molecule has 19 heavy (non-hydrogen) atoms. The second kappa shape index (κ2) is 5.17. The predicted molar refractivity (Wildman–Crippen MR) is 78.2 cm³/mol. The average molecular weight is 255 g/mol. The minimum atomic E-state index is 0.630. The van der Waals surface area contributed by atoms with Crippen LogP contribution < -0.4 is 5.32 Å². The van der Waals surface area contributed by atoms with Crippen molar-refractivity contribution < 1.29 is 0 Å². The summed E-state index contributed by atoms with van der Waals surface area (Å²) >= 11 is 0. The van der Waals surface area contributed by atoms with Crippen molar-refractivity contribution in [1.29, 1.82) is 0 Å². The van der Waals surface area contributed by atoms with Gasteiger partial charge < -0.3 is 9.88 Å². The van der Waals surface area contributed by atoms with Crippen LogP contribution in [0.25, 0.3) is 11.3 Å². The van der Waals surface area contributed by atoms with Gasteiger partial charge in [0.15, 0.2) is 0 Å². The highest BCUT2D eigenvalue weighted by molar-refractivity contribution is 5.63. The number of nitrogens with zero attached hydrogens (tertiary/aromatic N) is 2. The summed E-state index contributed by atoms with van der Waals surface area (Å²) in [6.07, 6.45) is 4.36. The van der Waals surface area contributed by atoms with Crippen molar-refractivity contribution in [3.8, 4) is 11.3 Å². The zero-order valence-electron chi connectivity index (χ0n) is 11.7. The van der Waals surface area contributed by atoms with Gasteiger partial charge in [0, 0.05) is 24.2 Å². The van der Waals surface area contributed by atoms with Crippen LogP contribution in [0.4, 0.5) is 0 Å². The third-order valence-electron chi connectivity index (χ3n) is 4.03. The summed E-state index contributed by atoms with van der Waals surface area (Å²) in [5.74, 6) is 0.630. The van der Waals surface area contributed by atoms with E-state index in [2.05, 4.69) is 53.1 Å². The molecule has 1 aliphatic rings. The van der Waals surface area contributed by atoms with Gasteiger partial charge in [-0.05, 0) is 32.9 Å². The SMILES string of the molecule is Cc1ccc(-c2ncn(C)c2C2CCNCC2)cc1. The standard InChI is InChI=1S/C16H21N3/c1-12-3-5-13(6-4-12)15-16(19(2)11-18-15)14-7-9-17-10-8-14/h3-6,11,14,17H,7-10H2,1-2H3. The molecule has 100 valence electrons. The van der Waals surface area contributed by atoms with Crippen LogP contribution in [0.2, 0.25) is 0 Å². The molecule has 0 unspecified atom stereocenters. The maximum atomic E-state index is 4.63. The Balaban J connectivity index is 1.99. The molecular weight excluding hydrogens is 234 g/mol. The summed E-state index contributed by atoms with van der Waals surface area (Å²) in [4.78, 5) is 4.63. The Kier molecular flexibility index (Phi) is 3.38. The van der Waals surface area contributed by atoms with Crippen molar-refractivity contribution in [2.45, 2.75) is 25.7 Å². The highest BCUT2D eigenvalue weighted by Gasteiger charge is 2.22. The summed E-state index contributed by atoms with van der Waals surface area (Å²) in [5, 5.41) is 3.43. The fraction of sp³-hybridized carbons (Fsp3) is 0.438. The van der Waals surface area contributed by atoms with Crippen molar-refractivity contribution in [2.24, 2.45) is 7.05 Å². The average Bonchev–Trinajstić information content (AvgIpc) is 2.82. The van der Waals surface area contributed by atoms with Gasteiger partial charge in [-0.25, -0.2) is 4.98 Å². The first kappa shape index (κ1) is 12.4. The zero-order valence-corrected chi connectivity index (χ0v) is 11.7. The van der Waals surface area contributed by atoms with Crippen LogP contribution >= 0.6 is 0 Å². The van der Waals surface area contributed by atoms with Gasteiger partial charge >= 0.3 is 0 Å². The van der Waals surface area contributed by atoms with E-state index in [0.29, 0.717) is 5.92 Å². The molecule has 1 aromatic heterocycles. The lowest BCUT2D eigenvalue weighted by Crippen LogP contribution is -2.27. The van der Waals surface area contributed by atoms with E-state index in [0.717, 1.165) is 18.8 Å². The van der Waals surface area contributed by atoms with E-state index in [1.165, 1.54) is 29.7 Å². The summed E-state index contributed by atoms with van der Waals surface area (Å²) in [6, 6.07) is 8.69. The minimum Gasteiger partial charge on any atom is -0.337 e. The molecule has 0 amide bonds. The van der Waals surface area contributed by atoms with E-state index in [1.807, 2.05) is 6.33 Å². The molecule has 0 saturated carbocycles. The van der Waals surface area contributed by atoms with Crippen LogP contribution in [0.5, 0.6) is 0 Å². The summed E-state index contributed by atoms with van der Waals surface area (Å²) < 4.78 is 2.20. The van der Waals surface area contributed by atoms with Gasteiger partial charge in [-0.3, -0.25) is 0 Å². The lowest BCUT2D eigenvalue weighted by atomic mass is 9.91. The van der Waals surface area contributed by atoms with Crippen LogP contribution in [0.15, 0.2) is 30.6 Å². The predicted octanol–water partition coefficient (Wildman–Crippen LogP) is 2.86. The quantitative estimate of drug-likeness (QED) is 0.894. The molecule has 3 heteroatoms. The molecule has 0 spiro atoms. The number of aromatic nitrogens is 2. The topological polar surface area (TPSA) is 29.9 Å². The Morgan fingerprint density at radius 2 is 1.84 bits per heavy atom. The number of imidazole rings is 1. The number of aryl methyl sites for hydroxylation is 2. The lowest BCUT2D eigenvalue weighted by Gasteiger charge is -2.24. The largest absolute Gasteiger partial charge is 0.337 e. The Morgan fingerprint density at radius 3 is 2.53 bits per heavy atom. The number of hydrogen-bond acceptors (Lipinski definition) is 2. The molecule has 0 aliphatic carbocycles. The Hall–Kier alpha value is -1.61. The van der Waals surface area contributed by atoms with Gasteiger partial charge in [-0.2, -0.15) is 0 Å². The number of benzene rings is 1. The molecule has 1 fully saturated rings. The van der Waals surface area contributed by atoms with Crippen molar-refractivity contribution in [3.05, 3.63) is 41.9 Å². The molecule has 2 heterocycles. The second-order valence-electron chi connectivity index (χ2n) is 5.48. The molecule has 1 N–H and O–H groups in total. The first-order chi connectivity index (χ1) is 9.25. The van der Waals surface area contributed by atoms with Crippen LogP contribution in [0.1, 0.15) is 30.0 Å².